The van der Waals surface area contributed by atoms with E-state index in [-0.39, 0.29) is 11.9 Å². The number of aryl methyl sites for hydroxylation is 3. The largest absolute Gasteiger partial charge is 0.394 e. The summed E-state index contributed by atoms with van der Waals surface area (Å²) in [5.74, 6) is 0.684. The molecule has 1 aromatic carbocycles. The molecular weight excluding hydrogens is 267 g/mol. The van der Waals surface area contributed by atoms with Gasteiger partial charge in [0.1, 0.15) is 11.6 Å². The third kappa shape index (κ3) is 3.01. The molecule has 1 heterocycles. The molecule has 21 heavy (non-hydrogen) atoms. The van der Waals surface area contributed by atoms with Gasteiger partial charge < -0.3 is 11.1 Å². The van der Waals surface area contributed by atoms with Crippen LogP contribution in [0.3, 0.4) is 0 Å². The summed E-state index contributed by atoms with van der Waals surface area (Å²) in [6.07, 6.45) is 0. The summed E-state index contributed by atoms with van der Waals surface area (Å²) in [7, 11) is 0. The summed E-state index contributed by atoms with van der Waals surface area (Å²) in [4.78, 5) is 0. The zero-order chi connectivity index (χ0) is 15.7. The van der Waals surface area contributed by atoms with Crippen LogP contribution in [0.25, 0.3) is 0 Å². The van der Waals surface area contributed by atoms with Gasteiger partial charge in [0.05, 0.1) is 11.4 Å². The number of benzene rings is 1. The van der Waals surface area contributed by atoms with Crippen molar-refractivity contribution >= 4 is 11.5 Å². The monoisotopic (exact) mass is 290 g/mol. The molecule has 3 N–H and O–H groups in total. The average Bonchev–Trinajstić information content (AvgIpc) is 2.70. The molecule has 114 valence electrons. The van der Waals surface area contributed by atoms with Gasteiger partial charge in [0, 0.05) is 12.6 Å². The second-order valence-electron chi connectivity index (χ2n) is 5.78. The van der Waals surface area contributed by atoms with E-state index in [1.807, 2.05) is 23.7 Å². The van der Waals surface area contributed by atoms with Crippen LogP contribution in [0.2, 0.25) is 0 Å². The first-order chi connectivity index (χ1) is 9.81. The molecule has 1 aromatic heterocycles. The smallest absolute Gasteiger partial charge is 0.148 e. The fourth-order valence-corrected chi connectivity index (χ4v) is 2.43. The van der Waals surface area contributed by atoms with Gasteiger partial charge in [-0.1, -0.05) is 12.1 Å². The number of nitrogen functional groups attached to an aromatic ring is 1. The van der Waals surface area contributed by atoms with Crippen LogP contribution in [0.1, 0.15) is 42.3 Å². The zero-order valence-corrected chi connectivity index (χ0v) is 13.3. The molecule has 0 amide bonds. The lowest BCUT2D eigenvalue weighted by Crippen LogP contribution is -2.11. The van der Waals surface area contributed by atoms with E-state index in [2.05, 4.69) is 24.3 Å². The molecule has 0 fully saturated rings. The summed E-state index contributed by atoms with van der Waals surface area (Å²) in [5.41, 5.74) is 9.92. The summed E-state index contributed by atoms with van der Waals surface area (Å²) >= 11 is 0. The Morgan fingerprint density at radius 3 is 2.33 bits per heavy atom. The van der Waals surface area contributed by atoms with E-state index in [0.29, 0.717) is 23.4 Å². The Bertz CT molecular complexity index is 636. The van der Waals surface area contributed by atoms with Crippen LogP contribution in [0.15, 0.2) is 12.1 Å². The number of halogens is 1. The van der Waals surface area contributed by atoms with E-state index in [1.165, 1.54) is 0 Å². The van der Waals surface area contributed by atoms with E-state index in [4.69, 9.17) is 5.73 Å². The van der Waals surface area contributed by atoms with Crippen molar-refractivity contribution in [3.8, 4) is 0 Å². The lowest BCUT2D eigenvalue weighted by atomic mass is 10.1. The van der Waals surface area contributed by atoms with E-state index in [1.54, 1.807) is 13.8 Å². The number of anilines is 2. The minimum absolute atomic E-state index is 0.138. The van der Waals surface area contributed by atoms with Gasteiger partial charge in [-0.3, -0.25) is 0 Å². The average molecular weight is 290 g/mol. The highest BCUT2D eigenvalue weighted by Crippen LogP contribution is 2.26. The second-order valence-corrected chi connectivity index (χ2v) is 5.78. The van der Waals surface area contributed by atoms with Crippen molar-refractivity contribution in [1.82, 2.24) is 9.78 Å². The van der Waals surface area contributed by atoms with Crippen LogP contribution in [0, 0.1) is 26.6 Å². The van der Waals surface area contributed by atoms with Gasteiger partial charge in [-0.15, -0.1) is 0 Å². The number of aromatic nitrogens is 2. The van der Waals surface area contributed by atoms with Crippen molar-refractivity contribution in [3.05, 3.63) is 40.3 Å². The van der Waals surface area contributed by atoms with E-state index >= 15 is 0 Å². The first kappa shape index (κ1) is 15.4. The standard InChI is InChI=1S/C16H23FN4/c1-9(2)21-16(15(18)12(5)20-21)19-8-13-6-10(3)14(17)11(4)7-13/h6-7,9,19H,8,18H2,1-5H3. The predicted octanol–water partition coefficient (Wildman–Crippen LogP) is 3.72. The minimum Gasteiger partial charge on any atom is -0.394 e. The highest BCUT2D eigenvalue weighted by atomic mass is 19.1. The number of nitrogens with zero attached hydrogens (tertiary/aromatic N) is 2. The van der Waals surface area contributed by atoms with Gasteiger partial charge in [-0.05, 0) is 51.3 Å². The first-order valence-corrected chi connectivity index (χ1v) is 7.15. The van der Waals surface area contributed by atoms with Gasteiger partial charge in [-0.2, -0.15) is 5.10 Å². The zero-order valence-electron chi connectivity index (χ0n) is 13.3. The van der Waals surface area contributed by atoms with Crippen molar-refractivity contribution in [2.45, 2.75) is 47.2 Å². The number of hydrogen-bond acceptors (Lipinski definition) is 3. The molecule has 0 atom stereocenters. The van der Waals surface area contributed by atoms with Crippen LogP contribution >= 0.6 is 0 Å². The van der Waals surface area contributed by atoms with E-state index in [9.17, 15) is 4.39 Å². The fourth-order valence-electron chi connectivity index (χ4n) is 2.43. The van der Waals surface area contributed by atoms with Crippen LogP contribution in [0.4, 0.5) is 15.9 Å². The number of nitrogens with two attached hydrogens (primary N) is 1. The maximum absolute atomic E-state index is 13.7. The van der Waals surface area contributed by atoms with Crippen LogP contribution in [-0.2, 0) is 6.54 Å². The molecule has 4 nitrogen and oxygen atoms in total. The quantitative estimate of drug-likeness (QED) is 0.902. The SMILES string of the molecule is Cc1cc(CNc2c(N)c(C)nn2C(C)C)cc(C)c1F. The number of hydrogen-bond donors (Lipinski definition) is 2. The summed E-state index contributed by atoms with van der Waals surface area (Å²) in [6, 6.07) is 3.93. The molecule has 0 bridgehead atoms. The van der Waals surface area contributed by atoms with E-state index < -0.39 is 0 Å². The lowest BCUT2D eigenvalue weighted by molar-refractivity contribution is 0.534. The molecule has 0 saturated carbocycles. The van der Waals surface area contributed by atoms with Gasteiger partial charge >= 0.3 is 0 Å². The summed E-state index contributed by atoms with van der Waals surface area (Å²) < 4.78 is 15.5. The third-order valence-electron chi connectivity index (χ3n) is 3.58. The fraction of sp³-hybridized carbons (Fsp3) is 0.438. The summed E-state index contributed by atoms with van der Waals surface area (Å²) in [6.45, 7) is 10.2. The van der Waals surface area contributed by atoms with Gasteiger partial charge in [-0.25, -0.2) is 9.07 Å². The van der Waals surface area contributed by atoms with Crippen molar-refractivity contribution in [1.29, 1.82) is 0 Å². The number of nitrogens with one attached hydrogen (secondary N) is 1. The molecule has 0 spiro atoms. The number of rotatable bonds is 4. The van der Waals surface area contributed by atoms with Crippen molar-refractivity contribution in [3.63, 3.8) is 0 Å². The van der Waals surface area contributed by atoms with Crippen LogP contribution in [-0.4, -0.2) is 9.78 Å². The van der Waals surface area contributed by atoms with Gasteiger partial charge in [0.2, 0.25) is 0 Å². The highest BCUT2D eigenvalue weighted by Gasteiger charge is 2.14. The van der Waals surface area contributed by atoms with Crippen molar-refractivity contribution < 1.29 is 4.39 Å². The molecule has 2 aromatic rings. The molecule has 0 aliphatic carbocycles. The Labute approximate surface area is 125 Å². The second kappa shape index (κ2) is 5.76. The van der Waals surface area contributed by atoms with E-state index in [0.717, 1.165) is 17.1 Å². The molecule has 2 rings (SSSR count). The Kier molecular flexibility index (Phi) is 4.21. The molecule has 0 aliphatic heterocycles. The van der Waals surface area contributed by atoms with Crippen LogP contribution in [0.5, 0.6) is 0 Å². The summed E-state index contributed by atoms with van der Waals surface area (Å²) in [5, 5.41) is 7.77. The molecule has 5 heteroatoms. The molecule has 0 unspecified atom stereocenters. The molecular formula is C16H23FN4. The Morgan fingerprint density at radius 1 is 1.24 bits per heavy atom. The lowest BCUT2D eigenvalue weighted by Gasteiger charge is -2.14. The van der Waals surface area contributed by atoms with Crippen molar-refractivity contribution in [2.75, 3.05) is 11.1 Å². The first-order valence-electron chi connectivity index (χ1n) is 7.15. The Balaban J connectivity index is 2.24. The molecule has 0 saturated heterocycles. The maximum atomic E-state index is 13.7. The highest BCUT2D eigenvalue weighted by molar-refractivity contribution is 5.65. The van der Waals surface area contributed by atoms with Gasteiger partial charge in [0.25, 0.3) is 0 Å². The van der Waals surface area contributed by atoms with Gasteiger partial charge in [0.15, 0.2) is 0 Å². The molecule has 0 radical (unpaired) electrons. The van der Waals surface area contributed by atoms with Crippen molar-refractivity contribution in [2.24, 2.45) is 0 Å². The predicted molar refractivity (Wildman–Crippen MR) is 85.0 cm³/mol. The molecule has 0 aliphatic rings. The topological polar surface area (TPSA) is 55.9 Å². The normalized spacial score (nSPS) is 11.2. The Morgan fingerprint density at radius 2 is 1.81 bits per heavy atom. The van der Waals surface area contributed by atoms with Crippen LogP contribution < -0.4 is 11.1 Å². The Hall–Kier alpha value is -2.04. The minimum atomic E-state index is -0.138. The maximum Gasteiger partial charge on any atom is 0.148 e. The third-order valence-corrected chi connectivity index (χ3v) is 3.58.